The molecule has 0 amide bonds. The maximum atomic E-state index is 12.6. The number of nitrogens with one attached hydrogen (secondary N) is 4. The van der Waals surface area contributed by atoms with Crippen LogP contribution in [0.25, 0.3) is 22.4 Å². The van der Waals surface area contributed by atoms with Gasteiger partial charge in [0.2, 0.25) is 0 Å². The van der Waals surface area contributed by atoms with Gasteiger partial charge in [0, 0.05) is 24.0 Å². The fourth-order valence-electron chi connectivity index (χ4n) is 4.17. The number of nitrogens with zero attached hydrogens (tertiary/aromatic N) is 1. The van der Waals surface area contributed by atoms with Gasteiger partial charge in [0.25, 0.3) is 0 Å². The number of rotatable bonds is 6. The second kappa shape index (κ2) is 8.90. The molecular weight excluding hydrogens is 414 g/mol. The van der Waals surface area contributed by atoms with Crippen LogP contribution in [0.5, 0.6) is 0 Å². The number of hydrogen-bond acceptors (Lipinski definition) is 6. The summed E-state index contributed by atoms with van der Waals surface area (Å²) in [6, 6.07) is 19.3. The van der Waals surface area contributed by atoms with E-state index in [1.54, 1.807) is 18.6 Å². The number of H-pyrrole nitrogens is 1. The van der Waals surface area contributed by atoms with Crippen molar-refractivity contribution in [3.63, 3.8) is 0 Å². The highest BCUT2D eigenvalue weighted by Crippen LogP contribution is 2.36. The first-order valence-electron chi connectivity index (χ1n) is 10.9. The van der Waals surface area contributed by atoms with Gasteiger partial charge in [0.15, 0.2) is 5.43 Å². The minimum Gasteiger partial charge on any atom is -0.394 e. The van der Waals surface area contributed by atoms with Gasteiger partial charge in [0.05, 0.1) is 47.5 Å². The molecule has 7 nitrogen and oxygen atoms in total. The smallest absolute Gasteiger partial charge is 0.190 e. The Kier molecular flexibility index (Phi) is 5.64. The number of fused-ring (bicyclic) bond motifs is 1. The number of aromatic nitrogens is 2. The van der Waals surface area contributed by atoms with Crippen molar-refractivity contribution < 1.29 is 5.11 Å². The molecule has 2 atom stereocenters. The quantitative estimate of drug-likeness (QED) is 0.308. The largest absolute Gasteiger partial charge is 0.394 e. The summed E-state index contributed by atoms with van der Waals surface area (Å²) in [5.41, 5.74) is 13.1. The summed E-state index contributed by atoms with van der Waals surface area (Å²) in [7, 11) is 0. The number of aromatic amines is 1. The van der Waals surface area contributed by atoms with Crippen molar-refractivity contribution in [3.05, 3.63) is 101 Å². The van der Waals surface area contributed by atoms with E-state index in [0.717, 1.165) is 33.6 Å². The standard InChI is InChI=1S/C26H25N5O2/c1-16-20-11-18(7-8-23(20)31-30-16)21-12-19(29-24(15-32)17-5-3-2-4-6-17)13-28-26(21)22-14-27-10-9-25(22)33/h2-14,16,24,29-32H,15H2,1H3,(H,27,33). The maximum absolute atomic E-state index is 12.6. The Labute approximate surface area is 191 Å². The predicted molar refractivity (Wildman–Crippen MR) is 131 cm³/mol. The molecule has 2 aromatic heterocycles. The first kappa shape index (κ1) is 20.9. The van der Waals surface area contributed by atoms with Gasteiger partial charge in [-0.2, -0.15) is 0 Å². The van der Waals surface area contributed by atoms with Crippen LogP contribution in [0.4, 0.5) is 11.4 Å². The zero-order chi connectivity index (χ0) is 22.8. The SMILES string of the molecule is CC1NNc2ccc(-c3cc(NC(CO)c4ccccc4)cnc3-c3c[nH]ccc3=O)cc21. The number of pyridine rings is 2. The van der Waals surface area contributed by atoms with Crippen molar-refractivity contribution in [2.24, 2.45) is 0 Å². The summed E-state index contributed by atoms with van der Waals surface area (Å²) in [5, 5.41) is 13.4. The first-order chi connectivity index (χ1) is 16.1. The van der Waals surface area contributed by atoms with Crippen LogP contribution in [0, 0.1) is 0 Å². The summed E-state index contributed by atoms with van der Waals surface area (Å²) >= 11 is 0. The third kappa shape index (κ3) is 4.11. The summed E-state index contributed by atoms with van der Waals surface area (Å²) in [6.07, 6.45) is 5.00. The van der Waals surface area contributed by atoms with Crippen molar-refractivity contribution in [2.75, 3.05) is 17.3 Å². The maximum Gasteiger partial charge on any atom is 0.190 e. The molecule has 1 aliphatic rings. The molecule has 4 aromatic rings. The molecule has 2 aromatic carbocycles. The van der Waals surface area contributed by atoms with Crippen LogP contribution in [-0.2, 0) is 0 Å². The Morgan fingerprint density at radius 2 is 1.94 bits per heavy atom. The molecule has 0 radical (unpaired) electrons. The third-order valence-electron chi connectivity index (χ3n) is 5.94. The van der Waals surface area contributed by atoms with E-state index in [2.05, 4.69) is 39.1 Å². The van der Waals surface area contributed by atoms with E-state index in [4.69, 9.17) is 0 Å². The lowest BCUT2D eigenvalue weighted by molar-refractivity contribution is 0.276. The molecule has 33 heavy (non-hydrogen) atoms. The van der Waals surface area contributed by atoms with E-state index < -0.39 is 0 Å². The lowest BCUT2D eigenvalue weighted by Gasteiger charge is -2.19. The molecule has 5 rings (SSSR count). The Balaban J connectivity index is 1.61. The first-order valence-corrected chi connectivity index (χ1v) is 10.9. The van der Waals surface area contributed by atoms with Crippen molar-refractivity contribution in [1.29, 1.82) is 0 Å². The van der Waals surface area contributed by atoms with Crippen molar-refractivity contribution in [3.8, 4) is 22.4 Å². The molecule has 7 heteroatoms. The highest BCUT2D eigenvalue weighted by Gasteiger charge is 2.20. The van der Waals surface area contributed by atoms with E-state index in [1.807, 2.05) is 48.5 Å². The van der Waals surface area contributed by atoms with Crippen LogP contribution < -0.4 is 21.6 Å². The van der Waals surface area contributed by atoms with E-state index in [0.29, 0.717) is 11.3 Å². The lowest BCUT2D eigenvalue weighted by atomic mass is 9.96. The van der Waals surface area contributed by atoms with Crippen molar-refractivity contribution in [2.45, 2.75) is 19.0 Å². The molecule has 1 aliphatic heterocycles. The normalized spacial score (nSPS) is 15.5. The molecule has 0 aliphatic carbocycles. The summed E-state index contributed by atoms with van der Waals surface area (Å²) in [5.74, 6) is 0. The number of hydrazine groups is 1. The Bertz CT molecular complexity index is 1340. The molecule has 0 saturated carbocycles. The van der Waals surface area contributed by atoms with Gasteiger partial charge in [-0.25, -0.2) is 5.43 Å². The average Bonchev–Trinajstić information content (AvgIpc) is 3.23. The van der Waals surface area contributed by atoms with Gasteiger partial charge >= 0.3 is 0 Å². The van der Waals surface area contributed by atoms with Gasteiger partial charge in [-0.1, -0.05) is 36.4 Å². The van der Waals surface area contributed by atoms with Crippen LogP contribution in [-0.4, -0.2) is 21.7 Å². The molecule has 0 spiro atoms. The summed E-state index contributed by atoms with van der Waals surface area (Å²) in [6.45, 7) is 2.03. The highest BCUT2D eigenvalue weighted by molar-refractivity contribution is 5.84. The minimum atomic E-state index is -0.278. The van der Waals surface area contributed by atoms with E-state index in [9.17, 15) is 9.90 Å². The zero-order valence-corrected chi connectivity index (χ0v) is 18.2. The lowest BCUT2D eigenvalue weighted by Crippen LogP contribution is -2.15. The monoisotopic (exact) mass is 439 g/mol. The van der Waals surface area contributed by atoms with Crippen LogP contribution in [0.3, 0.4) is 0 Å². The Morgan fingerprint density at radius 1 is 1.09 bits per heavy atom. The van der Waals surface area contributed by atoms with Crippen LogP contribution in [0.15, 0.2) is 84.0 Å². The highest BCUT2D eigenvalue weighted by atomic mass is 16.3. The number of aliphatic hydroxyl groups excluding tert-OH is 1. The molecule has 166 valence electrons. The Morgan fingerprint density at radius 3 is 2.73 bits per heavy atom. The molecule has 2 unspecified atom stereocenters. The third-order valence-corrected chi connectivity index (χ3v) is 5.94. The summed E-state index contributed by atoms with van der Waals surface area (Å²) < 4.78 is 0. The molecular formula is C26H25N5O2. The van der Waals surface area contributed by atoms with E-state index in [1.165, 1.54) is 6.07 Å². The van der Waals surface area contributed by atoms with Gasteiger partial charge < -0.3 is 20.8 Å². The van der Waals surface area contributed by atoms with Gasteiger partial charge in [-0.05, 0) is 41.8 Å². The topological polar surface area (TPSA) is 102 Å². The second-order valence-corrected chi connectivity index (χ2v) is 8.13. The number of hydrogen-bond donors (Lipinski definition) is 5. The number of aliphatic hydroxyl groups is 1. The predicted octanol–water partition coefficient (Wildman–Crippen LogP) is 4.24. The molecule has 0 bridgehead atoms. The summed E-state index contributed by atoms with van der Waals surface area (Å²) in [4.78, 5) is 20.3. The van der Waals surface area contributed by atoms with Crippen LogP contribution >= 0.6 is 0 Å². The number of benzene rings is 2. The van der Waals surface area contributed by atoms with Crippen LogP contribution in [0.1, 0.15) is 30.1 Å². The second-order valence-electron chi connectivity index (χ2n) is 8.13. The molecule has 0 saturated heterocycles. The van der Waals surface area contributed by atoms with Gasteiger partial charge in [-0.15, -0.1) is 0 Å². The molecule has 0 fully saturated rings. The van der Waals surface area contributed by atoms with Gasteiger partial charge in [-0.3, -0.25) is 9.78 Å². The minimum absolute atomic E-state index is 0.0624. The van der Waals surface area contributed by atoms with Crippen LogP contribution in [0.2, 0.25) is 0 Å². The fraction of sp³-hybridized carbons (Fsp3) is 0.154. The molecule has 3 heterocycles. The number of anilines is 2. The van der Waals surface area contributed by atoms with E-state index >= 15 is 0 Å². The van der Waals surface area contributed by atoms with E-state index in [-0.39, 0.29) is 24.1 Å². The van der Waals surface area contributed by atoms with Crippen molar-refractivity contribution >= 4 is 11.4 Å². The Hall–Kier alpha value is -3.94. The average molecular weight is 440 g/mol. The van der Waals surface area contributed by atoms with Gasteiger partial charge in [0.1, 0.15) is 0 Å². The zero-order valence-electron chi connectivity index (χ0n) is 18.2. The fourth-order valence-corrected chi connectivity index (χ4v) is 4.17. The van der Waals surface area contributed by atoms with Crippen molar-refractivity contribution in [1.82, 2.24) is 15.4 Å². The molecule has 5 N–H and O–H groups in total.